The van der Waals surface area contributed by atoms with Gasteiger partial charge in [0.15, 0.2) is 0 Å². The Kier molecular flexibility index (Phi) is 1.83. The molecule has 1 unspecified atom stereocenters. The Morgan fingerprint density at radius 2 is 2.23 bits per heavy atom. The minimum Gasteiger partial charge on any atom is -0.398 e. The number of anilines is 1. The number of rotatable bonds is 0. The monoisotopic (exact) mass is 174 g/mol. The third kappa shape index (κ3) is 1.32. The van der Waals surface area contributed by atoms with Gasteiger partial charge in [-0.2, -0.15) is 0 Å². The Morgan fingerprint density at radius 1 is 1.46 bits per heavy atom. The fourth-order valence-electron chi connectivity index (χ4n) is 1.68. The quantitative estimate of drug-likeness (QED) is 0.580. The van der Waals surface area contributed by atoms with Gasteiger partial charge in [-0.3, -0.25) is 4.99 Å². The van der Waals surface area contributed by atoms with Gasteiger partial charge in [-0.15, -0.1) is 0 Å². The predicted octanol–water partition coefficient (Wildman–Crippen LogP) is 0.770. The van der Waals surface area contributed by atoms with Crippen LogP contribution in [0.1, 0.15) is 18.9 Å². The number of nitrogen functional groups attached to an aromatic ring is 1. The molecular weight excluding hydrogens is 160 g/mol. The van der Waals surface area contributed by atoms with Crippen molar-refractivity contribution in [1.29, 1.82) is 0 Å². The second kappa shape index (κ2) is 2.87. The summed E-state index contributed by atoms with van der Waals surface area (Å²) in [5, 5.41) is 2.21. The van der Waals surface area contributed by atoms with Crippen LogP contribution in [0.4, 0.5) is 5.69 Å². The van der Waals surface area contributed by atoms with Crippen LogP contribution in [0.5, 0.6) is 0 Å². The molecule has 1 heterocycles. The minimum atomic E-state index is 0.396. The van der Waals surface area contributed by atoms with E-state index in [1.807, 2.05) is 12.1 Å². The standard InChI is InChI=1S/C11H14N2/c1-7-3-6-10(12)9-5-4-8(2)13-11(7)9/h3,5-6,8H,4,12H2,1-2H3. The summed E-state index contributed by atoms with van der Waals surface area (Å²) in [7, 11) is 0. The predicted molar refractivity (Wildman–Crippen MR) is 54.9 cm³/mol. The number of aryl methyl sites for hydroxylation is 1. The molecule has 0 amide bonds. The molecule has 2 N–H and O–H groups in total. The lowest BCUT2D eigenvalue weighted by atomic mass is 10.1. The first-order valence-electron chi connectivity index (χ1n) is 4.61. The summed E-state index contributed by atoms with van der Waals surface area (Å²) in [5.41, 5.74) is 7.92. The molecule has 1 aromatic carbocycles. The zero-order chi connectivity index (χ0) is 9.42. The maximum Gasteiger partial charge on any atom is 0.0696 e. The third-order valence-corrected chi connectivity index (χ3v) is 2.47. The van der Waals surface area contributed by atoms with E-state index >= 15 is 0 Å². The second-order valence-corrected chi connectivity index (χ2v) is 3.65. The molecule has 0 aliphatic carbocycles. The van der Waals surface area contributed by atoms with Gasteiger partial charge in [-0.25, -0.2) is 0 Å². The number of nitrogens with two attached hydrogens (primary N) is 1. The first-order chi connectivity index (χ1) is 6.18. The van der Waals surface area contributed by atoms with Crippen LogP contribution in [0, 0.1) is 6.92 Å². The summed E-state index contributed by atoms with van der Waals surface area (Å²) in [6.07, 6.45) is 3.19. The van der Waals surface area contributed by atoms with Gasteiger partial charge in [0.25, 0.3) is 0 Å². The fourth-order valence-corrected chi connectivity index (χ4v) is 1.68. The van der Waals surface area contributed by atoms with E-state index in [-0.39, 0.29) is 0 Å². The molecule has 1 aliphatic rings. The molecule has 0 spiro atoms. The van der Waals surface area contributed by atoms with Crippen molar-refractivity contribution in [3.63, 3.8) is 0 Å². The van der Waals surface area contributed by atoms with Crippen LogP contribution in [-0.2, 0) is 0 Å². The van der Waals surface area contributed by atoms with E-state index in [4.69, 9.17) is 5.73 Å². The Hall–Kier alpha value is -1.31. The third-order valence-electron chi connectivity index (χ3n) is 2.47. The van der Waals surface area contributed by atoms with Gasteiger partial charge in [0.1, 0.15) is 0 Å². The average Bonchev–Trinajstić information content (AvgIpc) is 2.12. The molecule has 2 rings (SSSR count). The van der Waals surface area contributed by atoms with E-state index in [1.165, 1.54) is 5.56 Å². The maximum atomic E-state index is 5.86. The Balaban J connectivity index is 2.85. The normalized spacial score (nSPS) is 20.0. The van der Waals surface area contributed by atoms with Crippen molar-refractivity contribution in [2.75, 3.05) is 5.73 Å². The van der Waals surface area contributed by atoms with Crippen molar-refractivity contribution in [1.82, 2.24) is 0 Å². The van der Waals surface area contributed by atoms with Crippen molar-refractivity contribution in [3.8, 4) is 0 Å². The Labute approximate surface area is 77.8 Å². The first-order valence-corrected chi connectivity index (χ1v) is 4.61. The van der Waals surface area contributed by atoms with E-state index in [1.54, 1.807) is 0 Å². The van der Waals surface area contributed by atoms with Gasteiger partial charge in [0, 0.05) is 10.9 Å². The fraction of sp³-hybridized carbons (Fsp3) is 0.364. The van der Waals surface area contributed by atoms with Gasteiger partial charge < -0.3 is 5.73 Å². The van der Waals surface area contributed by atoms with Gasteiger partial charge >= 0.3 is 0 Å². The van der Waals surface area contributed by atoms with E-state index in [2.05, 4.69) is 24.9 Å². The molecule has 2 heteroatoms. The van der Waals surface area contributed by atoms with Crippen LogP contribution in [0.3, 0.4) is 0 Å². The summed E-state index contributed by atoms with van der Waals surface area (Å²) < 4.78 is 0. The lowest BCUT2D eigenvalue weighted by Gasteiger charge is -2.10. The molecule has 0 radical (unpaired) electrons. The highest BCUT2D eigenvalue weighted by Crippen LogP contribution is 2.02. The molecule has 2 nitrogen and oxygen atoms in total. The smallest absolute Gasteiger partial charge is 0.0696 e. The van der Waals surface area contributed by atoms with Crippen molar-refractivity contribution in [2.24, 2.45) is 4.99 Å². The number of hydrogen-bond acceptors (Lipinski definition) is 2. The molecule has 68 valence electrons. The molecule has 0 saturated heterocycles. The minimum absolute atomic E-state index is 0.396. The lowest BCUT2D eigenvalue weighted by molar-refractivity contribution is 0.736. The maximum absolute atomic E-state index is 5.86. The zero-order valence-corrected chi connectivity index (χ0v) is 8.04. The zero-order valence-electron chi connectivity index (χ0n) is 8.04. The summed E-state index contributed by atoms with van der Waals surface area (Å²) >= 11 is 0. The highest BCUT2D eigenvalue weighted by Gasteiger charge is 2.05. The van der Waals surface area contributed by atoms with Crippen molar-refractivity contribution >= 4 is 11.8 Å². The Bertz CT molecular complexity index is 446. The highest BCUT2D eigenvalue weighted by molar-refractivity contribution is 5.47. The van der Waals surface area contributed by atoms with Gasteiger partial charge in [0.2, 0.25) is 0 Å². The summed E-state index contributed by atoms with van der Waals surface area (Å²) in [5.74, 6) is 0. The number of benzene rings is 1. The summed E-state index contributed by atoms with van der Waals surface area (Å²) in [6.45, 7) is 4.20. The first kappa shape index (κ1) is 8.30. The van der Waals surface area contributed by atoms with Gasteiger partial charge in [0.05, 0.1) is 11.4 Å². The van der Waals surface area contributed by atoms with Gasteiger partial charge in [-0.1, -0.05) is 12.1 Å². The molecule has 0 aromatic heterocycles. The molecule has 0 fully saturated rings. The molecule has 1 atom stereocenters. The van der Waals surface area contributed by atoms with Gasteiger partial charge in [-0.05, 0) is 31.9 Å². The van der Waals surface area contributed by atoms with Crippen molar-refractivity contribution in [2.45, 2.75) is 26.3 Å². The largest absolute Gasteiger partial charge is 0.398 e. The highest BCUT2D eigenvalue weighted by atomic mass is 14.8. The number of nitrogens with zero attached hydrogens (tertiary/aromatic N) is 1. The molecule has 1 aliphatic heterocycles. The lowest BCUT2D eigenvalue weighted by Crippen LogP contribution is -2.34. The molecule has 1 aromatic rings. The van der Waals surface area contributed by atoms with E-state index in [0.717, 1.165) is 22.7 Å². The number of fused-ring (bicyclic) bond motifs is 1. The average molecular weight is 174 g/mol. The topological polar surface area (TPSA) is 38.4 Å². The van der Waals surface area contributed by atoms with Crippen LogP contribution in [-0.4, -0.2) is 6.04 Å². The van der Waals surface area contributed by atoms with E-state index in [0.29, 0.717) is 6.04 Å². The molecule has 0 saturated carbocycles. The summed E-state index contributed by atoms with van der Waals surface area (Å²) in [4.78, 5) is 4.59. The van der Waals surface area contributed by atoms with Crippen LogP contribution in [0.25, 0.3) is 6.08 Å². The van der Waals surface area contributed by atoms with Crippen LogP contribution < -0.4 is 16.3 Å². The van der Waals surface area contributed by atoms with Crippen LogP contribution in [0.2, 0.25) is 0 Å². The number of hydrogen-bond donors (Lipinski definition) is 1. The van der Waals surface area contributed by atoms with Crippen LogP contribution >= 0.6 is 0 Å². The van der Waals surface area contributed by atoms with Crippen molar-refractivity contribution < 1.29 is 0 Å². The van der Waals surface area contributed by atoms with E-state index in [9.17, 15) is 0 Å². The second-order valence-electron chi connectivity index (χ2n) is 3.65. The van der Waals surface area contributed by atoms with Crippen LogP contribution in [0.15, 0.2) is 17.1 Å². The summed E-state index contributed by atoms with van der Waals surface area (Å²) in [6, 6.07) is 4.38. The van der Waals surface area contributed by atoms with E-state index < -0.39 is 0 Å². The SMILES string of the molecule is Cc1ccc(N)c2c1=NC(C)CC=2. The Morgan fingerprint density at radius 3 is 3.00 bits per heavy atom. The molecule has 0 bridgehead atoms. The molecular formula is C11H14N2. The molecule has 13 heavy (non-hydrogen) atoms. The van der Waals surface area contributed by atoms with Crippen molar-refractivity contribution in [3.05, 3.63) is 28.3 Å².